The minimum atomic E-state index is -4.92. The summed E-state index contributed by atoms with van der Waals surface area (Å²) in [5, 5.41) is 10.5. The molecular weight excluding hydrogens is 344 g/mol. The quantitative estimate of drug-likeness (QED) is 0.468. The van der Waals surface area contributed by atoms with Crippen LogP contribution in [0, 0.1) is 20.6 Å². The van der Waals surface area contributed by atoms with Gasteiger partial charge in [-0.15, -0.1) is 13.2 Å². The molecule has 1 aromatic rings. The zero-order chi connectivity index (χ0) is 12.5. The number of aryl methyl sites for hydroxylation is 1. The number of halogens is 4. The average Bonchev–Trinajstić information content (AvgIpc) is 2.07. The third-order valence-electron chi connectivity index (χ3n) is 1.49. The summed E-state index contributed by atoms with van der Waals surface area (Å²) in [6.45, 7) is 1.43. The zero-order valence-electron chi connectivity index (χ0n) is 7.71. The van der Waals surface area contributed by atoms with Gasteiger partial charge in [-0.3, -0.25) is 0 Å². The lowest BCUT2D eigenvalue weighted by molar-refractivity contribution is -0.391. The summed E-state index contributed by atoms with van der Waals surface area (Å²) in [7, 11) is 0. The van der Waals surface area contributed by atoms with Gasteiger partial charge in [-0.1, -0.05) is 0 Å². The summed E-state index contributed by atoms with van der Waals surface area (Å²) in [5.41, 5.74) is 0.293. The topological polar surface area (TPSA) is 65.3 Å². The van der Waals surface area contributed by atoms with Gasteiger partial charge < -0.3 is 14.9 Å². The van der Waals surface area contributed by atoms with Crippen LogP contribution >= 0.6 is 22.6 Å². The Balaban J connectivity index is 3.19. The summed E-state index contributed by atoms with van der Waals surface area (Å²) in [5.74, 6) is -1.49. The Morgan fingerprint density at radius 3 is 2.56 bits per heavy atom. The molecule has 0 saturated heterocycles. The number of nitro groups is 1. The van der Waals surface area contributed by atoms with E-state index in [1.54, 1.807) is 22.6 Å². The third kappa shape index (κ3) is 3.18. The molecule has 1 rings (SSSR count). The highest BCUT2D eigenvalue weighted by Crippen LogP contribution is 2.28. The van der Waals surface area contributed by atoms with E-state index >= 15 is 0 Å². The van der Waals surface area contributed by atoms with Crippen LogP contribution in [0.3, 0.4) is 0 Å². The van der Waals surface area contributed by atoms with Crippen LogP contribution in [-0.4, -0.2) is 16.3 Å². The Kier molecular flexibility index (Phi) is 3.55. The number of pyridine rings is 1. The highest BCUT2D eigenvalue weighted by Gasteiger charge is 2.34. The maximum Gasteiger partial charge on any atom is 0.575 e. The van der Waals surface area contributed by atoms with Crippen molar-refractivity contribution in [2.24, 2.45) is 0 Å². The lowest BCUT2D eigenvalue weighted by Crippen LogP contribution is -2.18. The predicted octanol–water partition coefficient (Wildman–Crippen LogP) is 2.80. The van der Waals surface area contributed by atoms with Crippen molar-refractivity contribution in [2.45, 2.75) is 13.3 Å². The lowest BCUT2D eigenvalue weighted by atomic mass is 10.3. The minimum absolute atomic E-state index is 0.178. The molecule has 1 heterocycles. The van der Waals surface area contributed by atoms with E-state index in [-0.39, 0.29) is 3.57 Å². The molecule has 0 bridgehead atoms. The Morgan fingerprint density at radius 1 is 1.56 bits per heavy atom. The second-order valence-corrected chi connectivity index (χ2v) is 3.80. The molecule has 0 aliphatic carbocycles. The maximum atomic E-state index is 11.9. The fourth-order valence-electron chi connectivity index (χ4n) is 0.902. The van der Waals surface area contributed by atoms with Gasteiger partial charge in [-0.05, 0) is 40.0 Å². The number of aromatic nitrogens is 1. The van der Waals surface area contributed by atoms with Crippen LogP contribution < -0.4 is 4.74 Å². The summed E-state index contributed by atoms with van der Waals surface area (Å²) in [4.78, 5) is 12.8. The lowest BCUT2D eigenvalue weighted by Gasteiger charge is -2.06. The Hall–Kier alpha value is -1.13. The molecule has 9 heteroatoms. The molecule has 0 N–H and O–H groups in total. The molecule has 0 spiro atoms. The average molecular weight is 348 g/mol. The number of hydrogen-bond donors (Lipinski definition) is 0. The van der Waals surface area contributed by atoms with Crippen LogP contribution in [0.2, 0.25) is 0 Å². The van der Waals surface area contributed by atoms with Crippen molar-refractivity contribution in [1.82, 2.24) is 4.98 Å². The first-order valence-corrected chi connectivity index (χ1v) is 4.86. The Labute approximate surface area is 101 Å². The molecule has 1 aromatic heterocycles. The smallest absolute Gasteiger partial charge is 0.366 e. The van der Waals surface area contributed by atoms with E-state index in [0.717, 1.165) is 6.07 Å². The molecule has 0 aliphatic heterocycles. The summed E-state index contributed by atoms with van der Waals surface area (Å²) >= 11 is 1.63. The van der Waals surface area contributed by atoms with Crippen LogP contribution in [0.15, 0.2) is 6.07 Å². The highest BCUT2D eigenvalue weighted by molar-refractivity contribution is 14.1. The van der Waals surface area contributed by atoms with Crippen LogP contribution in [0.25, 0.3) is 0 Å². The predicted molar refractivity (Wildman–Crippen MR) is 55.0 cm³/mol. The van der Waals surface area contributed by atoms with Gasteiger partial charge in [0.05, 0.1) is 0 Å². The van der Waals surface area contributed by atoms with Crippen molar-refractivity contribution >= 4 is 28.4 Å². The number of alkyl halides is 3. The molecule has 0 aliphatic rings. The van der Waals surface area contributed by atoms with Gasteiger partial charge in [0, 0.05) is 11.1 Å². The van der Waals surface area contributed by atoms with Crippen molar-refractivity contribution in [2.75, 3.05) is 0 Å². The molecule has 0 saturated carbocycles. The van der Waals surface area contributed by atoms with Crippen molar-refractivity contribution in [1.29, 1.82) is 0 Å². The number of nitrogens with zero attached hydrogens (tertiary/aromatic N) is 2. The second kappa shape index (κ2) is 4.39. The number of hydrogen-bond acceptors (Lipinski definition) is 4. The first-order valence-electron chi connectivity index (χ1n) is 3.78. The fourth-order valence-corrected chi connectivity index (χ4v) is 1.38. The van der Waals surface area contributed by atoms with E-state index in [0.29, 0.717) is 5.56 Å². The number of ether oxygens (including phenoxy) is 1. The van der Waals surface area contributed by atoms with E-state index < -0.39 is 23.0 Å². The Bertz CT molecular complexity index is 436. The van der Waals surface area contributed by atoms with Crippen LogP contribution in [0.4, 0.5) is 19.0 Å². The van der Waals surface area contributed by atoms with Crippen LogP contribution in [0.5, 0.6) is 5.88 Å². The van der Waals surface area contributed by atoms with Crippen molar-refractivity contribution in [3.8, 4) is 5.88 Å². The largest absolute Gasteiger partial charge is 0.575 e. The van der Waals surface area contributed by atoms with E-state index in [1.807, 2.05) is 0 Å². The van der Waals surface area contributed by atoms with Crippen molar-refractivity contribution in [3.63, 3.8) is 0 Å². The van der Waals surface area contributed by atoms with Gasteiger partial charge in [-0.2, -0.15) is 0 Å². The van der Waals surface area contributed by atoms with Crippen molar-refractivity contribution in [3.05, 3.63) is 25.3 Å². The molecular formula is C7H4F3IN2O3. The molecule has 88 valence electrons. The van der Waals surface area contributed by atoms with E-state index in [2.05, 4.69) is 9.72 Å². The molecule has 5 nitrogen and oxygen atoms in total. The van der Waals surface area contributed by atoms with Gasteiger partial charge >= 0.3 is 18.1 Å². The van der Waals surface area contributed by atoms with Gasteiger partial charge in [0.2, 0.25) is 0 Å². The third-order valence-corrected chi connectivity index (χ3v) is 2.83. The first kappa shape index (κ1) is 12.9. The number of rotatable bonds is 2. The maximum absolute atomic E-state index is 11.9. The molecule has 16 heavy (non-hydrogen) atoms. The van der Waals surface area contributed by atoms with E-state index in [9.17, 15) is 23.3 Å². The first-order chi connectivity index (χ1) is 7.20. The fraction of sp³-hybridized carbons (Fsp3) is 0.286. The van der Waals surface area contributed by atoms with E-state index in [1.165, 1.54) is 6.92 Å². The summed E-state index contributed by atoms with van der Waals surface area (Å²) in [6, 6.07) is 0.988. The molecule has 0 radical (unpaired) electrons. The SMILES string of the molecule is Cc1cc(OC(F)(F)F)nc([N+](=O)[O-])c1I. The zero-order valence-corrected chi connectivity index (χ0v) is 9.87. The van der Waals surface area contributed by atoms with Gasteiger partial charge in [0.15, 0.2) is 0 Å². The standard InChI is InChI=1S/C7H4F3IN2O3/c1-3-2-4(16-7(8,9)10)12-6(5(3)11)13(14)15/h2H,1H3. The summed E-state index contributed by atoms with van der Waals surface area (Å²) in [6.07, 6.45) is -4.92. The van der Waals surface area contributed by atoms with Crippen molar-refractivity contribution < 1.29 is 22.8 Å². The molecule has 0 amide bonds. The normalized spacial score (nSPS) is 11.3. The summed E-state index contributed by atoms with van der Waals surface area (Å²) < 4.78 is 39.3. The van der Waals surface area contributed by atoms with Gasteiger partial charge in [-0.25, -0.2) is 0 Å². The van der Waals surface area contributed by atoms with Gasteiger partial charge in [0.1, 0.15) is 3.57 Å². The molecule has 0 atom stereocenters. The van der Waals surface area contributed by atoms with Crippen LogP contribution in [-0.2, 0) is 0 Å². The molecule has 0 aromatic carbocycles. The molecule has 0 fully saturated rings. The second-order valence-electron chi connectivity index (χ2n) is 2.72. The van der Waals surface area contributed by atoms with Gasteiger partial charge in [0.25, 0.3) is 0 Å². The van der Waals surface area contributed by atoms with E-state index in [4.69, 9.17) is 0 Å². The monoisotopic (exact) mass is 348 g/mol. The minimum Gasteiger partial charge on any atom is -0.366 e. The Morgan fingerprint density at radius 2 is 2.12 bits per heavy atom. The molecule has 0 unspecified atom stereocenters. The highest BCUT2D eigenvalue weighted by atomic mass is 127. The van der Waals surface area contributed by atoms with Crippen LogP contribution in [0.1, 0.15) is 5.56 Å².